The highest BCUT2D eigenvalue weighted by atomic mass is 16.3. The van der Waals surface area contributed by atoms with Crippen LogP contribution in [0.1, 0.15) is 49.4 Å². The van der Waals surface area contributed by atoms with Gasteiger partial charge in [-0.2, -0.15) is 0 Å². The third-order valence-electron chi connectivity index (χ3n) is 4.65. The first kappa shape index (κ1) is 18.0. The molecular weight excluding hydrogens is 330 g/mol. The third-order valence-corrected chi connectivity index (χ3v) is 4.65. The van der Waals surface area contributed by atoms with Gasteiger partial charge in [-0.3, -0.25) is 9.59 Å². The number of hydrogen-bond donors (Lipinski definition) is 3. The summed E-state index contributed by atoms with van der Waals surface area (Å²) in [5.74, 6) is -0.608. The molecule has 1 fully saturated rings. The molecule has 26 heavy (non-hydrogen) atoms. The quantitative estimate of drug-likeness (QED) is 0.736. The van der Waals surface area contributed by atoms with Crippen LogP contribution < -0.4 is 16.0 Å². The fourth-order valence-electron chi connectivity index (χ4n) is 3.12. The van der Waals surface area contributed by atoms with Crippen LogP contribution >= 0.6 is 0 Å². The summed E-state index contributed by atoms with van der Waals surface area (Å²) in [6.07, 6.45) is 9.10. The Morgan fingerprint density at radius 1 is 1.04 bits per heavy atom. The molecule has 1 aliphatic rings. The monoisotopic (exact) mass is 355 g/mol. The molecule has 6 nitrogen and oxygen atoms in total. The minimum absolute atomic E-state index is 0.269. The first-order valence-electron chi connectivity index (χ1n) is 9.12. The van der Waals surface area contributed by atoms with Crippen LogP contribution in [0.2, 0.25) is 0 Å². The fraction of sp³-hybridized carbons (Fsp3) is 0.400. The van der Waals surface area contributed by atoms with E-state index in [4.69, 9.17) is 4.42 Å². The minimum Gasteiger partial charge on any atom is -0.472 e. The Hall–Kier alpha value is -2.76. The van der Waals surface area contributed by atoms with Crippen LogP contribution in [-0.2, 0) is 4.79 Å². The highest BCUT2D eigenvalue weighted by molar-refractivity contribution is 6.00. The summed E-state index contributed by atoms with van der Waals surface area (Å²) < 4.78 is 4.87. The van der Waals surface area contributed by atoms with Crippen LogP contribution in [0, 0.1) is 0 Å². The molecule has 0 saturated heterocycles. The normalized spacial score (nSPS) is 15.9. The number of nitrogens with one attached hydrogen (secondary N) is 3. The maximum absolute atomic E-state index is 12.3. The van der Waals surface area contributed by atoms with Crippen molar-refractivity contribution < 1.29 is 14.0 Å². The number of carbonyl (C=O) groups is 2. The molecule has 0 unspecified atom stereocenters. The van der Waals surface area contributed by atoms with Gasteiger partial charge in [0.1, 0.15) is 12.3 Å². The molecule has 2 aromatic rings. The SMILES string of the molecule is C[C@H](NC(=O)c1ccoc1)C(=O)Nc1ccc(NC2CCCCC2)cc1. The second-order valence-electron chi connectivity index (χ2n) is 6.75. The highest BCUT2D eigenvalue weighted by Gasteiger charge is 2.17. The summed E-state index contributed by atoms with van der Waals surface area (Å²) in [6, 6.07) is 9.12. The first-order valence-corrected chi connectivity index (χ1v) is 9.12. The largest absolute Gasteiger partial charge is 0.472 e. The van der Waals surface area contributed by atoms with E-state index in [9.17, 15) is 9.59 Å². The lowest BCUT2D eigenvalue weighted by Crippen LogP contribution is -2.41. The van der Waals surface area contributed by atoms with Crippen LogP contribution in [0.15, 0.2) is 47.3 Å². The molecule has 1 heterocycles. The summed E-state index contributed by atoms with van der Waals surface area (Å²) in [5.41, 5.74) is 2.16. The first-order chi connectivity index (χ1) is 12.6. The number of benzene rings is 1. The van der Waals surface area contributed by atoms with Crippen molar-refractivity contribution in [2.45, 2.75) is 51.1 Å². The van der Waals surface area contributed by atoms with Crippen molar-refractivity contribution in [3.05, 3.63) is 48.4 Å². The molecule has 1 atom stereocenters. The molecule has 0 radical (unpaired) electrons. The van der Waals surface area contributed by atoms with E-state index in [2.05, 4.69) is 16.0 Å². The Labute approximate surface area is 153 Å². The Kier molecular flexibility index (Phi) is 5.94. The molecular formula is C20H25N3O3. The standard InChI is InChI=1S/C20H25N3O3/c1-14(21-20(25)15-11-12-26-13-15)19(24)23-18-9-7-17(8-10-18)22-16-5-3-2-4-6-16/h7-14,16,22H,2-6H2,1H3,(H,21,25)(H,23,24)/t14-/m0/s1. The molecule has 1 aromatic heterocycles. The Morgan fingerprint density at radius 3 is 2.38 bits per heavy atom. The topological polar surface area (TPSA) is 83.4 Å². The summed E-state index contributed by atoms with van der Waals surface area (Å²) in [5, 5.41) is 9.01. The molecule has 3 rings (SSSR count). The lowest BCUT2D eigenvalue weighted by atomic mass is 9.95. The number of rotatable bonds is 6. The van der Waals surface area contributed by atoms with Gasteiger partial charge in [0.15, 0.2) is 0 Å². The Morgan fingerprint density at radius 2 is 1.73 bits per heavy atom. The third kappa shape index (κ3) is 4.88. The van der Waals surface area contributed by atoms with Gasteiger partial charge >= 0.3 is 0 Å². The Balaban J connectivity index is 1.49. The van der Waals surface area contributed by atoms with Gasteiger partial charge < -0.3 is 20.4 Å². The molecule has 138 valence electrons. The number of amides is 2. The van der Waals surface area contributed by atoms with Gasteiger partial charge in [-0.1, -0.05) is 19.3 Å². The average Bonchev–Trinajstić information content (AvgIpc) is 3.19. The summed E-state index contributed by atoms with van der Waals surface area (Å²) in [7, 11) is 0. The summed E-state index contributed by atoms with van der Waals surface area (Å²) in [6.45, 7) is 1.65. The van der Waals surface area contributed by atoms with Crippen LogP contribution in [0.3, 0.4) is 0 Å². The average molecular weight is 355 g/mol. The Bertz CT molecular complexity index is 719. The van der Waals surface area contributed by atoms with Gasteiger partial charge in [0, 0.05) is 17.4 Å². The van der Waals surface area contributed by atoms with E-state index in [1.54, 1.807) is 13.0 Å². The van der Waals surface area contributed by atoms with Crippen molar-refractivity contribution in [2.75, 3.05) is 10.6 Å². The van der Waals surface area contributed by atoms with Crippen molar-refractivity contribution in [3.63, 3.8) is 0 Å². The summed E-state index contributed by atoms with van der Waals surface area (Å²) in [4.78, 5) is 24.2. The maximum Gasteiger partial charge on any atom is 0.255 e. The van der Waals surface area contributed by atoms with Crippen LogP contribution in [0.5, 0.6) is 0 Å². The van der Waals surface area contributed by atoms with Crippen molar-refractivity contribution in [2.24, 2.45) is 0 Å². The molecule has 3 N–H and O–H groups in total. The van der Waals surface area contributed by atoms with Crippen LogP contribution in [0.4, 0.5) is 11.4 Å². The van der Waals surface area contributed by atoms with Crippen molar-refractivity contribution in [1.82, 2.24) is 5.32 Å². The lowest BCUT2D eigenvalue weighted by Gasteiger charge is -2.24. The molecule has 0 spiro atoms. The van der Waals surface area contributed by atoms with Gasteiger partial charge in [0.05, 0.1) is 11.8 Å². The van der Waals surface area contributed by atoms with Gasteiger partial charge in [0.25, 0.3) is 5.91 Å². The maximum atomic E-state index is 12.3. The number of anilines is 2. The van der Waals surface area contributed by atoms with E-state index in [1.165, 1.54) is 44.6 Å². The summed E-state index contributed by atoms with van der Waals surface area (Å²) >= 11 is 0. The predicted molar refractivity (Wildman–Crippen MR) is 101 cm³/mol. The van der Waals surface area contributed by atoms with Gasteiger partial charge in [-0.15, -0.1) is 0 Å². The van der Waals surface area contributed by atoms with E-state index >= 15 is 0 Å². The van der Waals surface area contributed by atoms with E-state index in [1.807, 2.05) is 24.3 Å². The molecule has 1 aliphatic carbocycles. The molecule has 0 aliphatic heterocycles. The second kappa shape index (κ2) is 8.56. The number of carbonyl (C=O) groups excluding carboxylic acids is 2. The van der Waals surface area contributed by atoms with Crippen molar-refractivity contribution in [1.29, 1.82) is 0 Å². The molecule has 6 heteroatoms. The molecule has 2 amide bonds. The van der Waals surface area contributed by atoms with Crippen molar-refractivity contribution >= 4 is 23.2 Å². The van der Waals surface area contributed by atoms with Gasteiger partial charge in [-0.05, 0) is 50.1 Å². The predicted octanol–water partition coefficient (Wildman–Crippen LogP) is 3.78. The van der Waals surface area contributed by atoms with Gasteiger partial charge in [0.2, 0.25) is 5.91 Å². The zero-order valence-electron chi connectivity index (χ0n) is 15.0. The zero-order chi connectivity index (χ0) is 18.4. The van der Waals surface area contributed by atoms with Crippen molar-refractivity contribution in [3.8, 4) is 0 Å². The van der Waals surface area contributed by atoms with E-state index in [-0.39, 0.29) is 11.8 Å². The molecule has 1 saturated carbocycles. The fourth-order valence-corrected chi connectivity index (χ4v) is 3.12. The van der Waals surface area contributed by atoms with Crippen LogP contribution in [0.25, 0.3) is 0 Å². The minimum atomic E-state index is -0.655. The molecule has 1 aromatic carbocycles. The van der Waals surface area contributed by atoms with E-state index < -0.39 is 6.04 Å². The number of furan rings is 1. The number of hydrogen-bond acceptors (Lipinski definition) is 4. The van der Waals surface area contributed by atoms with Gasteiger partial charge in [-0.25, -0.2) is 0 Å². The smallest absolute Gasteiger partial charge is 0.255 e. The van der Waals surface area contributed by atoms with E-state index in [0.717, 1.165) is 5.69 Å². The van der Waals surface area contributed by atoms with E-state index in [0.29, 0.717) is 17.3 Å². The lowest BCUT2D eigenvalue weighted by molar-refractivity contribution is -0.117. The highest BCUT2D eigenvalue weighted by Crippen LogP contribution is 2.22. The second-order valence-corrected chi connectivity index (χ2v) is 6.75. The molecule has 0 bridgehead atoms. The van der Waals surface area contributed by atoms with Crippen LogP contribution in [-0.4, -0.2) is 23.9 Å². The zero-order valence-corrected chi connectivity index (χ0v) is 15.0.